The standard InChI is InChI=1S/C19H18FIO5/c1-23-17-8-12(9-18(24-2)19(17)25-3)16(22)10-14(21)11-26-15-6-4-13(20)5-7-15/h4-9,11H,10H2,1-3H3/b14-11-. The van der Waals surface area contributed by atoms with Gasteiger partial charge in [0, 0.05) is 15.6 Å². The fraction of sp³-hybridized carbons (Fsp3) is 0.211. The molecule has 0 fully saturated rings. The van der Waals surface area contributed by atoms with E-state index >= 15 is 0 Å². The lowest BCUT2D eigenvalue weighted by Gasteiger charge is -2.13. The predicted molar refractivity (Wildman–Crippen MR) is 104 cm³/mol. The molecule has 2 aromatic carbocycles. The second-order valence-corrected chi connectivity index (χ2v) is 6.54. The zero-order valence-electron chi connectivity index (χ0n) is 14.5. The summed E-state index contributed by atoms with van der Waals surface area (Å²) in [5, 5.41) is 0. The quantitative estimate of drug-likeness (QED) is 0.315. The van der Waals surface area contributed by atoms with Gasteiger partial charge in [0.1, 0.15) is 17.8 Å². The lowest BCUT2D eigenvalue weighted by molar-refractivity contribution is 0.0994. The van der Waals surface area contributed by atoms with Crippen molar-refractivity contribution in [2.75, 3.05) is 21.3 Å². The zero-order valence-corrected chi connectivity index (χ0v) is 16.7. The molecule has 0 saturated heterocycles. The van der Waals surface area contributed by atoms with Crippen LogP contribution < -0.4 is 18.9 Å². The van der Waals surface area contributed by atoms with E-state index in [0.717, 1.165) is 0 Å². The first-order valence-electron chi connectivity index (χ1n) is 7.58. The van der Waals surface area contributed by atoms with E-state index in [2.05, 4.69) is 0 Å². The van der Waals surface area contributed by atoms with Crippen LogP contribution in [-0.2, 0) is 0 Å². The van der Waals surface area contributed by atoms with Gasteiger partial charge in [-0.1, -0.05) is 0 Å². The molecule has 2 aromatic rings. The molecule has 0 spiro atoms. The predicted octanol–water partition coefficient (Wildman–Crippen LogP) is 4.78. The summed E-state index contributed by atoms with van der Waals surface area (Å²) in [5.41, 5.74) is 0.434. The zero-order chi connectivity index (χ0) is 19.1. The van der Waals surface area contributed by atoms with E-state index in [-0.39, 0.29) is 18.0 Å². The highest BCUT2D eigenvalue weighted by atomic mass is 127. The first-order chi connectivity index (χ1) is 12.5. The van der Waals surface area contributed by atoms with Gasteiger partial charge in [-0.3, -0.25) is 4.79 Å². The highest BCUT2D eigenvalue weighted by molar-refractivity contribution is 14.1. The van der Waals surface area contributed by atoms with Crippen LogP contribution in [-0.4, -0.2) is 27.1 Å². The number of hydrogen-bond donors (Lipinski definition) is 0. The van der Waals surface area contributed by atoms with Crippen LogP contribution in [0.25, 0.3) is 0 Å². The van der Waals surface area contributed by atoms with Gasteiger partial charge in [-0.05, 0) is 59.0 Å². The Morgan fingerprint density at radius 3 is 2.12 bits per heavy atom. The van der Waals surface area contributed by atoms with E-state index in [1.54, 1.807) is 12.1 Å². The Bertz CT molecular complexity index is 777. The molecular formula is C19H18FIO5. The molecule has 0 aromatic heterocycles. The Morgan fingerprint density at radius 1 is 1.04 bits per heavy atom. The Balaban J connectivity index is 2.13. The fourth-order valence-corrected chi connectivity index (χ4v) is 2.66. The smallest absolute Gasteiger partial charge is 0.203 e. The molecule has 26 heavy (non-hydrogen) atoms. The normalized spacial score (nSPS) is 11.0. The van der Waals surface area contributed by atoms with Gasteiger partial charge in [0.2, 0.25) is 5.75 Å². The summed E-state index contributed by atoms with van der Waals surface area (Å²) in [4.78, 5) is 12.5. The van der Waals surface area contributed by atoms with E-state index in [0.29, 0.717) is 32.1 Å². The average molecular weight is 472 g/mol. The third-order valence-corrected chi connectivity index (χ3v) is 4.09. The van der Waals surface area contributed by atoms with Crippen LogP contribution in [0.2, 0.25) is 0 Å². The van der Waals surface area contributed by atoms with Crippen LogP contribution in [0.15, 0.2) is 46.2 Å². The third-order valence-electron chi connectivity index (χ3n) is 3.45. The highest BCUT2D eigenvalue weighted by Crippen LogP contribution is 2.38. The molecule has 0 heterocycles. The second kappa shape index (κ2) is 9.42. The van der Waals surface area contributed by atoms with Crippen molar-refractivity contribution in [2.24, 2.45) is 0 Å². The first-order valence-corrected chi connectivity index (χ1v) is 8.66. The van der Waals surface area contributed by atoms with Crippen molar-refractivity contribution >= 4 is 28.4 Å². The molecule has 0 aliphatic carbocycles. The average Bonchev–Trinajstić information content (AvgIpc) is 2.66. The van der Waals surface area contributed by atoms with Crippen LogP contribution in [0, 0.1) is 5.82 Å². The van der Waals surface area contributed by atoms with Gasteiger partial charge < -0.3 is 18.9 Å². The molecule has 2 rings (SSSR count). The number of halogens is 2. The summed E-state index contributed by atoms with van der Waals surface area (Å²) >= 11 is 2.02. The van der Waals surface area contributed by atoms with Gasteiger partial charge in [0.05, 0.1) is 21.3 Å². The molecule has 0 N–H and O–H groups in total. The number of carbonyl (C=O) groups excluding carboxylic acids is 1. The Kier molecular flexibility index (Phi) is 7.26. The molecule has 0 aliphatic rings. The molecule has 5 nitrogen and oxygen atoms in total. The van der Waals surface area contributed by atoms with Crippen molar-refractivity contribution < 1.29 is 28.1 Å². The number of Topliss-reactive ketones (excluding diaryl/α,β-unsaturated/α-hetero) is 1. The minimum atomic E-state index is -0.339. The number of carbonyl (C=O) groups is 1. The van der Waals surface area contributed by atoms with E-state index in [9.17, 15) is 9.18 Å². The van der Waals surface area contributed by atoms with Crippen LogP contribution >= 0.6 is 22.6 Å². The highest BCUT2D eigenvalue weighted by Gasteiger charge is 2.17. The molecule has 0 amide bonds. The van der Waals surface area contributed by atoms with Crippen molar-refractivity contribution in [1.82, 2.24) is 0 Å². The number of methoxy groups -OCH3 is 3. The second-order valence-electron chi connectivity index (χ2n) is 5.15. The Labute approximate surface area is 164 Å². The number of hydrogen-bond acceptors (Lipinski definition) is 5. The third kappa shape index (κ3) is 5.10. The maximum absolute atomic E-state index is 12.9. The van der Waals surface area contributed by atoms with Gasteiger partial charge in [0.15, 0.2) is 17.3 Å². The van der Waals surface area contributed by atoms with E-state index in [1.807, 2.05) is 22.6 Å². The van der Waals surface area contributed by atoms with Gasteiger partial charge in [-0.15, -0.1) is 0 Å². The van der Waals surface area contributed by atoms with Gasteiger partial charge in [-0.2, -0.15) is 0 Å². The minimum absolute atomic E-state index is 0.132. The summed E-state index contributed by atoms with van der Waals surface area (Å²) < 4.78 is 34.8. The molecule has 0 unspecified atom stereocenters. The summed E-state index contributed by atoms with van der Waals surface area (Å²) in [6.07, 6.45) is 1.60. The molecule has 0 radical (unpaired) electrons. The lowest BCUT2D eigenvalue weighted by atomic mass is 10.1. The van der Waals surface area contributed by atoms with Crippen LogP contribution in [0.5, 0.6) is 23.0 Å². The summed E-state index contributed by atoms with van der Waals surface area (Å²) in [5.74, 6) is 1.27. The Hall–Kier alpha value is -2.29. The summed E-state index contributed by atoms with van der Waals surface area (Å²) in [7, 11) is 4.48. The van der Waals surface area contributed by atoms with Crippen molar-refractivity contribution in [3.05, 3.63) is 57.6 Å². The monoisotopic (exact) mass is 472 g/mol. The van der Waals surface area contributed by atoms with Gasteiger partial charge in [0.25, 0.3) is 0 Å². The van der Waals surface area contributed by atoms with Crippen molar-refractivity contribution in [3.63, 3.8) is 0 Å². The molecule has 7 heteroatoms. The lowest BCUT2D eigenvalue weighted by Crippen LogP contribution is -2.03. The largest absolute Gasteiger partial charge is 0.493 e. The fourth-order valence-electron chi connectivity index (χ4n) is 2.18. The first kappa shape index (κ1) is 20.0. The molecule has 0 saturated carbocycles. The number of allylic oxidation sites excluding steroid dienone is 1. The maximum Gasteiger partial charge on any atom is 0.203 e. The van der Waals surface area contributed by atoms with E-state index < -0.39 is 0 Å². The Morgan fingerprint density at radius 2 is 1.62 bits per heavy atom. The number of rotatable bonds is 8. The number of benzene rings is 2. The van der Waals surface area contributed by atoms with Crippen molar-refractivity contribution in [2.45, 2.75) is 6.42 Å². The van der Waals surface area contributed by atoms with Gasteiger partial charge in [-0.25, -0.2) is 4.39 Å². The molecule has 0 aliphatic heterocycles. The number of ketones is 1. The minimum Gasteiger partial charge on any atom is -0.493 e. The van der Waals surface area contributed by atoms with Crippen molar-refractivity contribution in [1.29, 1.82) is 0 Å². The molecule has 0 bridgehead atoms. The molecule has 138 valence electrons. The van der Waals surface area contributed by atoms with Crippen LogP contribution in [0.4, 0.5) is 4.39 Å². The van der Waals surface area contributed by atoms with E-state index in [1.165, 1.54) is 51.9 Å². The SMILES string of the molecule is COc1cc(C(=O)C/C(I)=C/Oc2ccc(F)cc2)cc(OC)c1OC. The topological polar surface area (TPSA) is 54.0 Å². The van der Waals surface area contributed by atoms with Gasteiger partial charge >= 0.3 is 0 Å². The number of ether oxygens (including phenoxy) is 4. The summed E-state index contributed by atoms with van der Waals surface area (Å²) in [6, 6.07) is 8.84. The molecule has 0 atom stereocenters. The van der Waals surface area contributed by atoms with E-state index in [4.69, 9.17) is 18.9 Å². The summed E-state index contributed by atoms with van der Waals surface area (Å²) in [6.45, 7) is 0. The molecular weight excluding hydrogens is 454 g/mol. The maximum atomic E-state index is 12.9. The van der Waals surface area contributed by atoms with Crippen LogP contribution in [0.1, 0.15) is 16.8 Å². The van der Waals surface area contributed by atoms with Crippen LogP contribution in [0.3, 0.4) is 0 Å². The van der Waals surface area contributed by atoms with Crippen molar-refractivity contribution in [3.8, 4) is 23.0 Å².